The summed E-state index contributed by atoms with van der Waals surface area (Å²) in [4.78, 5) is 0. The van der Waals surface area contributed by atoms with E-state index in [0.29, 0.717) is 11.5 Å². The van der Waals surface area contributed by atoms with E-state index < -0.39 is 12.2 Å². The van der Waals surface area contributed by atoms with Crippen LogP contribution in [0.5, 0.6) is 11.5 Å². The average molecular weight is 342 g/mol. The van der Waals surface area contributed by atoms with Gasteiger partial charge in [-0.2, -0.15) is 0 Å². The summed E-state index contributed by atoms with van der Waals surface area (Å²) >= 11 is 0. The molecular formula is C21H26O4. The monoisotopic (exact) mass is 342 g/mol. The molecule has 0 aliphatic carbocycles. The largest absolute Gasteiger partial charge is 0.491 e. The minimum Gasteiger partial charge on any atom is -0.491 e. The lowest BCUT2D eigenvalue weighted by Crippen LogP contribution is -2.19. The van der Waals surface area contributed by atoms with E-state index in [1.165, 1.54) is 0 Å². The molecule has 0 amide bonds. The molecule has 25 heavy (non-hydrogen) atoms. The van der Waals surface area contributed by atoms with Gasteiger partial charge in [-0.25, -0.2) is 0 Å². The number of benzene rings is 2. The van der Waals surface area contributed by atoms with Crippen LogP contribution in [0, 0.1) is 13.8 Å². The number of aliphatic hydroxyl groups excluding tert-OH is 2. The highest BCUT2D eigenvalue weighted by Crippen LogP contribution is 2.33. The Hall–Kier alpha value is -2.04. The van der Waals surface area contributed by atoms with Crippen LogP contribution in [-0.4, -0.2) is 35.6 Å². The second-order valence-electron chi connectivity index (χ2n) is 6.60. The fraction of sp³-hybridized carbons (Fsp3) is 0.333. The summed E-state index contributed by atoms with van der Waals surface area (Å²) in [5, 5.41) is 18.3. The number of hydrogen-bond donors (Lipinski definition) is 2. The Labute approximate surface area is 150 Å². The molecule has 0 aliphatic heterocycles. The van der Waals surface area contributed by atoms with Gasteiger partial charge in [0.1, 0.15) is 24.7 Å². The number of hydrogen-bond acceptors (Lipinski definition) is 4. The maximum atomic E-state index is 9.17. The van der Waals surface area contributed by atoms with Crippen molar-refractivity contribution in [3.8, 4) is 11.5 Å². The van der Waals surface area contributed by atoms with Crippen molar-refractivity contribution in [1.29, 1.82) is 0 Å². The Kier molecular flexibility index (Phi) is 6.45. The van der Waals surface area contributed by atoms with Crippen molar-refractivity contribution in [1.82, 2.24) is 0 Å². The first-order chi connectivity index (χ1) is 11.8. The van der Waals surface area contributed by atoms with Gasteiger partial charge in [-0.3, -0.25) is 0 Å². The van der Waals surface area contributed by atoms with Crippen molar-refractivity contribution in [3.63, 3.8) is 0 Å². The molecule has 0 spiro atoms. The maximum Gasteiger partial charge on any atom is 0.119 e. The number of ether oxygens (including phenoxy) is 2. The van der Waals surface area contributed by atoms with Gasteiger partial charge in [-0.05, 0) is 49.2 Å². The minimum atomic E-state index is -0.735. The molecule has 2 aromatic carbocycles. The van der Waals surface area contributed by atoms with E-state index in [4.69, 9.17) is 9.47 Å². The summed E-state index contributed by atoms with van der Waals surface area (Å²) in [5.41, 5.74) is 2.11. The molecule has 0 aliphatic rings. The SMILES string of the molecule is [CH2]C(O)COc1ccc(C(C)(C)c2ccc(OCC([CH2])O)cc2)cc1. The normalized spacial score (nSPS) is 14.0. The molecule has 0 heterocycles. The van der Waals surface area contributed by atoms with Crippen LogP contribution in [0.2, 0.25) is 0 Å². The summed E-state index contributed by atoms with van der Waals surface area (Å²) in [7, 11) is 0. The molecule has 0 saturated heterocycles. The van der Waals surface area contributed by atoms with E-state index in [9.17, 15) is 10.2 Å². The van der Waals surface area contributed by atoms with Crippen molar-refractivity contribution in [2.45, 2.75) is 31.5 Å². The quantitative estimate of drug-likeness (QED) is 0.774. The number of rotatable bonds is 8. The highest BCUT2D eigenvalue weighted by Gasteiger charge is 2.23. The summed E-state index contributed by atoms with van der Waals surface area (Å²) in [6.45, 7) is 11.6. The van der Waals surface area contributed by atoms with E-state index in [1.807, 2.05) is 48.5 Å². The van der Waals surface area contributed by atoms with Crippen LogP contribution >= 0.6 is 0 Å². The molecule has 2 rings (SSSR count). The summed E-state index contributed by atoms with van der Waals surface area (Å²) < 4.78 is 10.9. The molecule has 134 valence electrons. The third kappa shape index (κ3) is 5.48. The minimum absolute atomic E-state index is 0.173. The second-order valence-corrected chi connectivity index (χ2v) is 6.60. The van der Waals surface area contributed by atoms with Crippen molar-refractivity contribution in [3.05, 3.63) is 73.5 Å². The van der Waals surface area contributed by atoms with Gasteiger partial charge in [0, 0.05) is 5.41 Å². The van der Waals surface area contributed by atoms with Crippen LogP contribution in [0.4, 0.5) is 0 Å². The van der Waals surface area contributed by atoms with Crippen LogP contribution < -0.4 is 9.47 Å². The van der Waals surface area contributed by atoms with E-state index in [2.05, 4.69) is 27.7 Å². The first kappa shape index (κ1) is 19.3. The van der Waals surface area contributed by atoms with Gasteiger partial charge in [0.15, 0.2) is 0 Å². The lowest BCUT2D eigenvalue weighted by atomic mass is 9.78. The van der Waals surface area contributed by atoms with E-state index in [1.54, 1.807) is 0 Å². The Bertz CT molecular complexity index is 585. The molecule has 0 bridgehead atoms. The molecule has 0 aromatic heterocycles. The zero-order chi connectivity index (χ0) is 18.4. The molecule has 2 radical (unpaired) electrons. The van der Waals surface area contributed by atoms with Crippen LogP contribution in [0.3, 0.4) is 0 Å². The number of aliphatic hydroxyl groups is 2. The molecule has 4 heteroatoms. The summed E-state index contributed by atoms with van der Waals surface area (Å²) in [6, 6.07) is 15.7. The van der Waals surface area contributed by atoms with Gasteiger partial charge < -0.3 is 19.7 Å². The highest BCUT2D eigenvalue weighted by atomic mass is 16.5. The molecule has 4 nitrogen and oxygen atoms in total. The topological polar surface area (TPSA) is 58.9 Å². The third-order valence-corrected chi connectivity index (χ3v) is 4.04. The van der Waals surface area contributed by atoms with Gasteiger partial charge in [0.05, 0.1) is 12.2 Å². The Balaban J connectivity index is 2.09. The molecule has 0 saturated carbocycles. The summed E-state index contributed by atoms with van der Waals surface area (Å²) in [5.74, 6) is 1.41. The van der Waals surface area contributed by atoms with Crippen molar-refractivity contribution >= 4 is 0 Å². The standard InChI is InChI=1S/C21H26O4/c1-15(22)13-24-19-9-5-17(6-10-19)21(3,4)18-7-11-20(12-8-18)25-14-16(2)23/h5-12,15-16,22-23H,1-2,13-14H2,3-4H3. The Morgan fingerprint density at radius 2 is 1.08 bits per heavy atom. The van der Waals surface area contributed by atoms with Crippen molar-refractivity contribution in [2.75, 3.05) is 13.2 Å². The predicted octanol–water partition coefficient (Wildman–Crippen LogP) is 3.16. The van der Waals surface area contributed by atoms with E-state index in [-0.39, 0.29) is 18.6 Å². The average Bonchev–Trinajstić information content (AvgIpc) is 2.59. The summed E-state index contributed by atoms with van der Waals surface area (Å²) in [6.07, 6.45) is -1.47. The van der Waals surface area contributed by atoms with Crippen LogP contribution in [0.25, 0.3) is 0 Å². The van der Waals surface area contributed by atoms with Crippen molar-refractivity contribution in [2.24, 2.45) is 0 Å². The second kappa shape index (κ2) is 8.37. The lowest BCUT2D eigenvalue weighted by molar-refractivity contribution is 0.142. The Morgan fingerprint density at radius 1 is 0.760 bits per heavy atom. The lowest BCUT2D eigenvalue weighted by Gasteiger charge is -2.26. The van der Waals surface area contributed by atoms with E-state index in [0.717, 1.165) is 11.1 Å². The molecule has 2 unspecified atom stereocenters. The molecule has 2 N–H and O–H groups in total. The van der Waals surface area contributed by atoms with Gasteiger partial charge in [0.2, 0.25) is 0 Å². The first-order valence-corrected chi connectivity index (χ1v) is 8.28. The van der Waals surface area contributed by atoms with Crippen LogP contribution in [0.1, 0.15) is 25.0 Å². The van der Waals surface area contributed by atoms with Gasteiger partial charge in [0.25, 0.3) is 0 Å². The smallest absolute Gasteiger partial charge is 0.119 e. The van der Waals surface area contributed by atoms with Crippen molar-refractivity contribution < 1.29 is 19.7 Å². The molecule has 0 fully saturated rings. The zero-order valence-corrected chi connectivity index (χ0v) is 14.8. The van der Waals surface area contributed by atoms with Crippen LogP contribution in [0.15, 0.2) is 48.5 Å². The highest BCUT2D eigenvalue weighted by molar-refractivity contribution is 5.41. The fourth-order valence-corrected chi connectivity index (χ4v) is 2.49. The van der Waals surface area contributed by atoms with Crippen LogP contribution in [-0.2, 0) is 5.41 Å². The molecular weight excluding hydrogens is 316 g/mol. The molecule has 2 aromatic rings. The van der Waals surface area contributed by atoms with Gasteiger partial charge in [-0.1, -0.05) is 38.1 Å². The maximum absolute atomic E-state index is 9.17. The van der Waals surface area contributed by atoms with E-state index >= 15 is 0 Å². The first-order valence-electron chi connectivity index (χ1n) is 8.28. The van der Waals surface area contributed by atoms with Gasteiger partial charge in [-0.15, -0.1) is 0 Å². The zero-order valence-electron chi connectivity index (χ0n) is 14.8. The Morgan fingerprint density at radius 3 is 1.36 bits per heavy atom. The predicted molar refractivity (Wildman–Crippen MR) is 98.7 cm³/mol. The van der Waals surface area contributed by atoms with Gasteiger partial charge >= 0.3 is 0 Å². The third-order valence-electron chi connectivity index (χ3n) is 4.04. The fourth-order valence-electron chi connectivity index (χ4n) is 2.49. The molecule has 2 atom stereocenters.